The van der Waals surface area contributed by atoms with Crippen LogP contribution in [0.4, 0.5) is 0 Å². The lowest BCUT2D eigenvalue weighted by Crippen LogP contribution is -2.29. The summed E-state index contributed by atoms with van der Waals surface area (Å²) >= 11 is 0. The van der Waals surface area contributed by atoms with Crippen LogP contribution in [0.2, 0.25) is 0 Å². The Morgan fingerprint density at radius 2 is 1.96 bits per heavy atom. The molecule has 1 aliphatic carbocycles. The van der Waals surface area contributed by atoms with E-state index in [1.807, 2.05) is 50.4 Å². The first kappa shape index (κ1) is 16.2. The highest BCUT2D eigenvalue weighted by atomic mass is 16.4. The highest BCUT2D eigenvalue weighted by molar-refractivity contribution is 5.91. The van der Waals surface area contributed by atoms with Crippen LogP contribution in [0.5, 0.6) is 0 Å². The number of amides is 1. The summed E-state index contributed by atoms with van der Waals surface area (Å²) in [5.41, 5.74) is 1.54. The van der Waals surface area contributed by atoms with Crippen molar-refractivity contribution >= 4 is 11.9 Å². The van der Waals surface area contributed by atoms with Crippen molar-refractivity contribution in [3.8, 4) is 5.69 Å². The van der Waals surface area contributed by atoms with Gasteiger partial charge in [-0.2, -0.15) is 5.10 Å². The Morgan fingerprint density at radius 3 is 2.58 bits per heavy atom. The lowest BCUT2D eigenvalue weighted by Gasteiger charge is -2.05. The topological polar surface area (TPSA) is 84.2 Å². The van der Waals surface area contributed by atoms with Gasteiger partial charge in [0.1, 0.15) is 0 Å². The van der Waals surface area contributed by atoms with E-state index in [1.165, 1.54) is 0 Å². The monoisotopic (exact) mass is 327 g/mol. The fraction of sp³-hybridized carbons (Fsp3) is 0.389. The van der Waals surface area contributed by atoms with Crippen LogP contribution in [0.1, 0.15) is 19.4 Å². The summed E-state index contributed by atoms with van der Waals surface area (Å²) in [6, 6.07) is 9.80. The summed E-state index contributed by atoms with van der Waals surface area (Å²) in [5.74, 6) is -2.10. The maximum Gasteiger partial charge on any atom is 0.307 e. The molecule has 1 saturated carbocycles. The number of para-hydroxylation sites is 1. The molecule has 3 rings (SSSR count). The first-order valence-corrected chi connectivity index (χ1v) is 8.01. The van der Waals surface area contributed by atoms with Gasteiger partial charge in [0, 0.05) is 12.7 Å². The molecule has 1 aliphatic rings. The Hall–Kier alpha value is -2.63. The van der Waals surface area contributed by atoms with Crippen molar-refractivity contribution in [1.82, 2.24) is 15.1 Å². The van der Waals surface area contributed by atoms with Crippen LogP contribution in [0.15, 0.2) is 42.7 Å². The smallest absolute Gasteiger partial charge is 0.307 e. The maximum absolute atomic E-state index is 12.2. The number of carbonyl (C=O) groups is 2. The van der Waals surface area contributed by atoms with Crippen molar-refractivity contribution in [3.05, 3.63) is 48.3 Å². The Balaban J connectivity index is 1.52. The Morgan fingerprint density at radius 1 is 1.25 bits per heavy atom. The minimum absolute atomic E-state index is 0.178. The predicted molar refractivity (Wildman–Crippen MR) is 88.7 cm³/mol. The van der Waals surface area contributed by atoms with Crippen molar-refractivity contribution < 1.29 is 14.7 Å². The van der Waals surface area contributed by atoms with E-state index in [1.54, 1.807) is 10.9 Å². The van der Waals surface area contributed by atoms with Gasteiger partial charge in [-0.25, -0.2) is 4.68 Å². The number of benzene rings is 1. The Kier molecular flexibility index (Phi) is 4.13. The summed E-state index contributed by atoms with van der Waals surface area (Å²) < 4.78 is 1.79. The zero-order valence-electron chi connectivity index (χ0n) is 13.8. The largest absolute Gasteiger partial charge is 0.481 e. The van der Waals surface area contributed by atoms with E-state index in [2.05, 4.69) is 10.4 Å². The zero-order valence-corrected chi connectivity index (χ0v) is 13.8. The third-order valence-electron chi connectivity index (χ3n) is 4.75. The molecule has 1 amide bonds. The Bertz CT molecular complexity index is 752. The normalized spacial score (nSPS) is 21.2. The second kappa shape index (κ2) is 6.11. The number of carboxylic acid groups (broad SMARTS) is 1. The molecule has 1 aromatic heterocycles. The highest BCUT2D eigenvalue weighted by Crippen LogP contribution is 2.58. The van der Waals surface area contributed by atoms with Gasteiger partial charge in [-0.3, -0.25) is 9.59 Å². The van der Waals surface area contributed by atoms with E-state index in [4.69, 9.17) is 5.11 Å². The number of nitrogens with zero attached hydrogens (tertiary/aromatic N) is 2. The molecule has 1 aromatic carbocycles. The molecule has 24 heavy (non-hydrogen) atoms. The van der Waals surface area contributed by atoms with Crippen LogP contribution >= 0.6 is 0 Å². The van der Waals surface area contributed by atoms with Crippen molar-refractivity contribution in [2.45, 2.75) is 20.3 Å². The Labute approximate surface area is 140 Å². The third kappa shape index (κ3) is 3.04. The number of carbonyl (C=O) groups excluding carboxylic acids is 1. The van der Waals surface area contributed by atoms with E-state index in [-0.39, 0.29) is 5.91 Å². The second-order valence-electron chi connectivity index (χ2n) is 6.78. The minimum Gasteiger partial charge on any atom is -0.481 e. The molecule has 0 saturated heterocycles. The minimum atomic E-state index is -0.899. The summed E-state index contributed by atoms with van der Waals surface area (Å²) in [6.45, 7) is 4.11. The number of hydrogen-bond acceptors (Lipinski definition) is 3. The molecule has 6 heteroatoms. The van der Waals surface area contributed by atoms with Gasteiger partial charge in [0.05, 0.1) is 23.7 Å². The molecular formula is C18H21N3O3. The summed E-state index contributed by atoms with van der Waals surface area (Å²) in [6.07, 6.45) is 4.37. The van der Waals surface area contributed by atoms with Gasteiger partial charge in [-0.05, 0) is 29.5 Å². The molecule has 126 valence electrons. The molecule has 2 atom stereocenters. The second-order valence-corrected chi connectivity index (χ2v) is 6.78. The average Bonchev–Trinajstić information content (AvgIpc) is 2.91. The molecule has 0 radical (unpaired) electrons. The van der Waals surface area contributed by atoms with Crippen molar-refractivity contribution in [2.75, 3.05) is 6.54 Å². The van der Waals surface area contributed by atoms with Crippen LogP contribution in [-0.2, 0) is 16.0 Å². The predicted octanol–water partition coefficient (Wildman–Crippen LogP) is 1.89. The van der Waals surface area contributed by atoms with Crippen LogP contribution in [0.25, 0.3) is 5.69 Å². The highest BCUT2D eigenvalue weighted by Gasteiger charge is 2.65. The van der Waals surface area contributed by atoms with Crippen molar-refractivity contribution in [2.24, 2.45) is 17.3 Å². The molecule has 1 heterocycles. The summed E-state index contributed by atoms with van der Waals surface area (Å²) in [5, 5.41) is 16.3. The molecular weight excluding hydrogens is 306 g/mol. The van der Waals surface area contributed by atoms with Gasteiger partial charge in [-0.1, -0.05) is 32.0 Å². The quantitative estimate of drug-likeness (QED) is 0.848. The average molecular weight is 327 g/mol. The molecule has 0 spiro atoms. The standard InChI is InChI=1S/C18H21N3O3/c1-18(2)14(15(18)17(23)24)16(22)19-9-8-12-10-20-21(11-12)13-6-4-3-5-7-13/h3-7,10-11,14-15H,8-9H2,1-2H3,(H,19,22)(H,23,24)/t14-,15+/m1/s1. The van der Waals surface area contributed by atoms with Gasteiger partial charge >= 0.3 is 5.97 Å². The van der Waals surface area contributed by atoms with Crippen LogP contribution in [-0.4, -0.2) is 33.3 Å². The third-order valence-corrected chi connectivity index (χ3v) is 4.75. The number of aromatic nitrogens is 2. The number of carboxylic acids is 1. The zero-order chi connectivity index (χ0) is 17.3. The molecule has 0 unspecified atom stereocenters. The maximum atomic E-state index is 12.2. The van der Waals surface area contributed by atoms with Crippen molar-refractivity contribution in [1.29, 1.82) is 0 Å². The van der Waals surface area contributed by atoms with Crippen LogP contribution in [0, 0.1) is 17.3 Å². The lowest BCUT2D eigenvalue weighted by atomic mass is 10.1. The molecule has 2 N–H and O–H groups in total. The lowest BCUT2D eigenvalue weighted by molar-refractivity contribution is -0.140. The van der Waals surface area contributed by atoms with Gasteiger partial charge in [0.25, 0.3) is 0 Å². The fourth-order valence-electron chi connectivity index (χ4n) is 3.24. The van der Waals surface area contributed by atoms with Crippen LogP contribution < -0.4 is 5.32 Å². The number of nitrogens with one attached hydrogen (secondary N) is 1. The van der Waals surface area contributed by atoms with Crippen LogP contribution in [0.3, 0.4) is 0 Å². The van der Waals surface area contributed by atoms with Gasteiger partial charge < -0.3 is 10.4 Å². The summed E-state index contributed by atoms with van der Waals surface area (Å²) in [7, 11) is 0. The van der Waals surface area contributed by atoms with E-state index in [9.17, 15) is 9.59 Å². The first-order chi connectivity index (χ1) is 11.4. The van der Waals surface area contributed by atoms with Gasteiger partial charge in [0.15, 0.2) is 0 Å². The molecule has 6 nitrogen and oxygen atoms in total. The summed E-state index contributed by atoms with van der Waals surface area (Å²) in [4.78, 5) is 23.3. The SMILES string of the molecule is CC1(C)[C@H](C(=O)O)[C@@H]1C(=O)NCCc1cnn(-c2ccccc2)c1. The molecule has 0 aliphatic heterocycles. The van der Waals surface area contributed by atoms with E-state index >= 15 is 0 Å². The fourth-order valence-corrected chi connectivity index (χ4v) is 3.24. The van der Waals surface area contributed by atoms with Gasteiger partial charge in [-0.15, -0.1) is 0 Å². The molecule has 2 aromatic rings. The molecule has 1 fully saturated rings. The number of aliphatic carboxylic acids is 1. The first-order valence-electron chi connectivity index (χ1n) is 8.01. The van der Waals surface area contributed by atoms with E-state index < -0.39 is 23.2 Å². The van der Waals surface area contributed by atoms with E-state index in [0.717, 1.165) is 11.3 Å². The molecule has 0 bridgehead atoms. The number of hydrogen-bond donors (Lipinski definition) is 2. The van der Waals surface area contributed by atoms with Gasteiger partial charge in [0.2, 0.25) is 5.91 Å². The van der Waals surface area contributed by atoms with Crippen molar-refractivity contribution in [3.63, 3.8) is 0 Å². The van der Waals surface area contributed by atoms with E-state index in [0.29, 0.717) is 13.0 Å². The number of rotatable bonds is 6.